The van der Waals surface area contributed by atoms with Crippen LogP contribution in [0, 0.1) is 5.82 Å². The zero-order chi connectivity index (χ0) is 24.9. The van der Waals surface area contributed by atoms with Crippen molar-refractivity contribution in [2.45, 2.75) is 19.5 Å². The quantitative estimate of drug-likeness (QED) is 0.552. The number of hydrogen-bond acceptors (Lipinski definition) is 4. The van der Waals surface area contributed by atoms with Crippen LogP contribution < -0.4 is 9.62 Å². The van der Waals surface area contributed by atoms with Crippen LogP contribution in [0.15, 0.2) is 42.5 Å². The lowest BCUT2D eigenvalue weighted by Gasteiger charge is -2.32. The Balaban J connectivity index is 2.50. The third kappa shape index (κ3) is 6.35. The largest absolute Gasteiger partial charge is 0.357 e. The summed E-state index contributed by atoms with van der Waals surface area (Å²) in [5, 5.41) is 3.13. The molecule has 1 unspecified atom stereocenters. The fourth-order valence-electron chi connectivity index (χ4n) is 2.98. The Bertz CT molecular complexity index is 1130. The number of carbonyl (C=O) groups excluding carboxylic acids is 2. The Morgan fingerprint density at radius 2 is 1.76 bits per heavy atom. The molecule has 2 aromatic rings. The van der Waals surface area contributed by atoms with Gasteiger partial charge in [0.1, 0.15) is 18.4 Å². The molecule has 0 heterocycles. The van der Waals surface area contributed by atoms with Gasteiger partial charge < -0.3 is 10.2 Å². The highest BCUT2D eigenvalue weighted by atomic mass is 35.5. The molecule has 33 heavy (non-hydrogen) atoms. The average Bonchev–Trinajstić information content (AvgIpc) is 2.76. The molecule has 0 aliphatic rings. The number of nitrogens with one attached hydrogen (secondary N) is 1. The first-order valence-electron chi connectivity index (χ1n) is 9.79. The summed E-state index contributed by atoms with van der Waals surface area (Å²) in [6.07, 6.45) is 0. The lowest BCUT2D eigenvalue weighted by atomic mass is 10.1. The SMILES string of the molecule is CNC(=O)C(C)N(Cc1ccc(Cl)cc1Cl)C(=O)CN(c1ccccc1F)S(=O)(=O)N(C)C. The van der Waals surface area contributed by atoms with Crippen LogP contribution in [0.25, 0.3) is 0 Å². The van der Waals surface area contributed by atoms with Gasteiger partial charge in [-0.25, -0.2) is 8.70 Å². The van der Waals surface area contributed by atoms with E-state index in [2.05, 4.69) is 5.32 Å². The topological polar surface area (TPSA) is 90.0 Å². The van der Waals surface area contributed by atoms with Crippen LogP contribution in [0.4, 0.5) is 10.1 Å². The number of likely N-dealkylation sites (N-methyl/N-ethyl adjacent to an activating group) is 1. The van der Waals surface area contributed by atoms with Crippen molar-refractivity contribution in [2.24, 2.45) is 0 Å². The first-order valence-corrected chi connectivity index (χ1v) is 11.9. The Morgan fingerprint density at radius 1 is 1.12 bits per heavy atom. The van der Waals surface area contributed by atoms with Crippen molar-refractivity contribution in [1.82, 2.24) is 14.5 Å². The Kier molecular flexibility index (Phi) is 9.07. The van der Waals surface area contributed by atoms with Gasteiger partial charge in [0, 0.05) is 37.7 Å². The number of carbonyl (C=O) groups is 2. The minimum atomic E-state index is -4.25. The number of para-hydroxylation sites is 1. The minimum absolute atomic E-state index is 0.101. The Hall–Kier alpha value is -2.40. The summed E-state index contributed by atoms with van der Waals surface area (Å²) in [4.78, 5) is 26.9. The summed E-state index contributed by atoms with van der Waals surface area (Å²) < 4.78 is 42.0. The highest BCUT2D eigenvalue weighted by molar-refractivity contribution is 7.90. The van der Waals surface area contributed by atoms with Gasteiger partial charge in [-0.05, 0) is 36.8 Å². The molecule has 0 spiro atoms. The van der Waals surface area contributed by atoms with Crippen molar-refractivity contribution in [3.8, 4) is 0 Å². The molecule has 0 bridgehead atoms. The van der Waals surface area contributed by atoms with Gasteiger partial charge in [0.25, 0.3) is 0 Å². The summed E-state index contributed by atoms with van der Waals surface area (Å²) in [6, 6.07) is 8.92. The number of benzene rings is 2. The van der Waals surface area contributed by atoms with E-state index < -0.39 is 40.4 Å². The van der Waals surface area contributed by atoms with Crippen LogP contribution in [0.2, 0.25) is 10.0 Å². The predicted octanol–water partition coefficient (Wildman–Crippen LogP) is 2.91. The molecule has 2 aromatic carbocycles. The van der Waals surface area contributed by atoms with Crippen molar-refractivity contribution >= 4 is 50.9 Å². The van der Waals surface area contributed by atoms with Crippen molar-refractivity contribution in [1.29, 1.82) is 0 Å². The van der Waals surface area contributed by atoms with E-state index >= 15 is 0 Å². The number of rotatable bonds is 9. The number of nitrogens with zero attached hydrogens (tertiary/aromatic N) is 3. The maximum Gasteiger partial charge on any atom is 0.304 e. The fraction of sp³-hybridized carbons (Fsp3) is 0.333. The molecule has 1 N–H and O–H groups in total. The van der Waals surface area contributed by atoms with Crippen LogP contribution in [0.3, 0.4) is 0 Å². The highest BCUT2D eigenvalue weighted by Gasteiger charge is 2.33. The molecule has 0 aliphatic carbocycles. The van der Waals surface area contributed by atoms with Crippen molar-refractivity contribution in [3.63, 3.8) is 0 Å². The van der Waals surface area contributed by atoms with E-state index in [9.17, 15) is 22.4 Å². The molecule has 0 radical (unpaired) electrons. The van der Waals surface area contributed by atoms with Gasteiger partial charge in [-0.2, -0.15) is 12.7 Å². The van der Waals surface area contributed by atoms with Gasteiger partial charge in [0.2, 0.25) is 11.8 Å². The van der Waals surface area contributed by atoms with E-state index in [0.29, 0.717) is 14.9 Å². The lowest BCUT2D eigenvalue weighted by molar-refractivity contribution is -0.139. The van der Waals surface area contributed by atoms with E-state index in [1.807, 2.05) is 0 Å². The van der Waals surface area contributed by atoms with Gasteiger partial charge >= 0.3 is 10.2 Å². The molecule has 0 saturated heterocycles. The molecule has 2 rings (SSSR count). The smallest absolute Gasteiger partial charge is 0.304 e. The molecule has 0 aliphatic heterocycles. The third-order valence-corrected chi connectivity index (χ3v) is 7.30. The fourth-order valence-corrected chi connectivity index (χ4v) is 4.51. The molecule has 0 saturated carbocycles. The van der Waals surface area contributed by atoms with Crippen LogP contribution in [0.1, 0.15) is 12.5 Å². The molecule has 0 aromatic heterocycles. The second kappa shape index (κ2) is 11.1. The molecule has 180 valence electrons. The molecule has 12 heteroatoms. The normalized spacial score (nSPS) is 12.4. The number of hydrogen-bond donors (Lipinski definition) is 1. The van der Waals surface area contributed by atoms with Gasteiger partial charge in [0.05, 0.1) is 5.69 Å². The first kappa shape index (κ1) is 26.8. The summed E-state index contributed by atoms with van der Waals surface area (Å²) in [7, 11) is -0.291. The van der Waals surface area contributed by atoms with Crippen LogP contribution in [0.5, 0.6) is 0 Å². The van der Waals surface area contributed by atoms with E-state index in [1.165, 1.54) is 57.2 Å². The monoisotopic (exact) mass is 518 g/mol. The van der Waals surface area contributed by atoms with Crippen LogP contribution in [-0.4, -0.2) is 63.2 Å². The van der Waals surface area contributed by atoms with Gasteiger partial charge in [0.15, 0.2) is 0 Å². The molecule has 8 nitrogen and oxygen atoms in total. The first-order chi connectivity index (χ1) is 15.4. The summed E-state index contributed by atoms with van der Waals surface area (Å²) in [5.74, 6) is -2.02. The number of amides is 2. The zero-order valence-electron chi connectivity index (χ0n) is 18.5. The van der Waals surface area contributed by atoms with Crippen LogP contribution >= 0.6 is 23.2 Å². The lowest BCUT2D eigenvalue weighted by Crippen LogP contribution is -2.52. The molecular formula is C21H25Cl2FN4O4S. The molecule has 2 amide bonds. The summed E-state index contributed by atoms with van der Waals surface area (Å²) in [6.45, 7) is 0.652. The number of anilines is 1. The van der Waals surface area contributed by atoms with E-state index in [-0.39, 0.29) is 17.3 Å². The molecule has 0 fully saturated rings. The second-order valence-corrected chi connectivity index (χ2v) is 10.2. The molecular weight excluding hydrogens is 494 g/mol. The van der Waals surface area contributed by atoms with E-state index in [1.54, 1.807) is 12.1 Å². The Labute approximate surface area is 203 Å². The average molecular weight is 519 g/mol. The summed E-state index contributed by atoms with van der Waals surface area (Å²) >= 11 is 12.2. The minimum Gasteiger partial charge on any atom is -0.357 e. The Morgan fingerprint density at radius 3 is 2.30 bits per heavy atom. The van der Waals surface area contributed by atoms with E-state index in [0.717, 1.165) is 10.4 Å². The standard InChI is InChI=1S/C21H25Cl2FN4O4S/c1-14(21(30)25-2)27(12-15-9-10-16(22)11-17(15)23)20(29)13-28(33(31,32)26(3)4)19-8-6-5-7-18(19)24/h5-11,14H,12-13H2,1-4H3,(H,25,30). The summed E-state index contributed by atoms with van der Waals surface area (Å²) in [5.41, 5.74) is 0.203. The van der Waals surface area contributed by atoms with Crippen molar-refractivity contribution < 1.29 is 22.4 Å². The van der Waals surface area contributed by atoms with Gasteiger partial charge in [-0.3, -0.25) is 9.59 Å². The third-order valence-electron chi connectivity index (χ3n) is 4.91. The number of halogens is 3. The van der Waals surface area contributed by atoms with Gasteiger partial charge in [-0.1, -0.05) is 41.4 Å². The van der Waals surface area contributed by atoms with E-state index in [4.69, 9.17) is 23.2 Å². The maximum absolute atomic E-state index is 14.5. The van der Waals surface area contributed by atoms with Crippen molar-refractivity contribution in [3.05, 3.63) is 63.9 Å². The highest BCUT2D eigenvalue weighted by Crippen LogP contribution is 2.26. The zero-order valence-corrected chi connectivity index (χ0v) is 20.9. The van der Waals surface area contributed by atoms with Gasteiger partial charge in [-0.15, -0.1) is 0 Å². The molecule has 1 atom stereocenters. The van der Waals surface area contributed by atoms with Crippen LogP contribution in [-0.2, 0) is 26.3 Å². The van der Waals surface area contributed by atoms with Crippen molar-refractivity contribution in [2.75, 3.05) is 32.0 Å². The second-order valence-electron chi connectivity index (χ2n) is 7.30. The predicted molar refractivity (Wildman–Crippen MR) is 127 cm³/mol. The maximum atomic E-state index is 14.5.